The van der Waals surface area contributed by atoms with Gasteiger partial charge in [-0.05, 0) is 20.0 Å². The van der Waals surface area contributed by atoms with Crippen molar-refractivity contribution in [1.82, 2.24) is 0 Å². The van der Waals surface area contributed by atoms with E-state index >= 15 is 0 Å². The van der Waals surface area contributed by atoms with Crippen molar-refractivity contribution in [2.45, 2.75) is 33.1 Å². The highest BCUT2D eigenvalue weighted by Crippen LogP contribution is 1.80. The number of rotatable bonds is 2. The first-order chi connectivity index (χ1) is 4.50. The highest BCUT2D eigenvalue weighted by Gasteiger charge is 1.89. The number of hydrogen-bond donors (Lipinski definition) is 0. The molecule has 0 bridgehead atoms. The van der Waals surface area contributed by atoms with E-state index in [1.165, 1.54) is 0 Å². The van der Waals surface area contributed by atoms with Crippen LogP contribution < -0.4 is 0 Å². The fourth-order valence-electron chi connectivity index (χ4n) is 0.289. The predicted molar refractivity (Wildman–Crippen MR) is 52.4 cm³/mol. The second-order valence-electron chi connectivity index (χ2n) is 2.22. The van der Waals surface area contributed by atoms with E-state index < -0.39 is 8.11 Å². The fraction of sp³-hybridized carbons (Fsp3) is 1.00. The average molecular weight is 197 g/mol. The monoisotopic (exact) mass is 196 g/mol. The van der Waals surface area contributed by atoms with Gasteiger partial charge in [-0.15, -0.1) is 0 Å². The molecule has 62 valence electrons. The Balaban J connectivity index is 0. The smallest absolute Gasteiger partial charge is 0.204 e. The summed E-state index contributed by atoms with van der Waals surface area (Å²) in [5.74, 6) is 0. The molecule has 0 aliphatic rings. The minimum atomic E-state index is -0.407. The largest absolute Gasteiger partial charge is 0.417 e. The fourth-order valence-corrected chi connectivity index (χ4v) is 0.866. The van der Waals surface area contributed by atoms with E-state index in [1.807, 2.05) is 20.0 Å². The Kier molecular flexibility index (Phi) is 12.9. The van der Waals surface area contributed by atoms with E-state index in [9.17, 15) is 0 Å². The third kappa shape index (κ3) is 37.8. The summed E-state index contributed by atoms with van der Waals surface area (Å²) in [7, 11) is -0.793. The van der Waals surface area contributed by atoms with E-state index in [0.717, 1.165) is 6.61 Å². The molecule has 0 saturated heterocycles. The maximum Gasteiger partial charge on any atom is 0.204 e. The first-order valence-electron chi connectivity index (χ1n) is 3.39. The second-order valence-corrected chi connectivity index (χ2v) is 8.35. The minimum Gasteiger partial charge on any atom is -0.417 e. The van der Waals surface area contributed by atoms with Crippen LogP contribution in [0, 0.1) is 0 Å². The van der Waals surface area contributed by atoms with Crippen LogP contribution in [0.3, 0.4) is 0 Å². The topological polar surface area (TPSA) is 9.23 Å². The lowest BCUT2D eigenvalue weighted by Crippen LogP contribution is -2.05. The molecule has 0 aliphatic carbocycles. The Bertz CT molecular complexity index is 57.0. The van der Waals surface area contributed by atoms with Crippen molar-refractivity contribution in [2.24, 2.45) is 0 Å². The summed E-state index contributed by atoms with van der Waals surface area (Å²) in [5, 5.41) is 0. The minimum absolute atomic E-state index is 0.386. The number of halogens is 1. The highest BCUT2D eigenvalue weighted by molar-refractivity contribution is 7.05. The van der Waals surface area contributed by atoms with Gasteiger partial charge in [0.25, 0.3) is 0 Å². The molecule has 0 unspecified atom stereocenters. The van der Waals surface area contributed by atoms with Gasteiger partial charge < -0.3 is 4.43 Å². The molecular formula is C6H17ClOSi2. The Labute approximate surface area is 72.8 Å². The maximum atomic E-state index is 5.38. The van der Waals surface area contributed by atoms with E-state index in [0.29, 0.717) is 0 Å². The summed E-state index contributed by atoms with van der Waals surface area (Å²) in [5.41, 5.74) is 0. The molecule has 4 heteroatoms. The Morgan fingerprint density at radius 3 is 1.50 bits per heavy atom. The molecule has 0 aliphatic heterocycles. The molecule has 0 heterocycles. The van der Waals surface area contributed by atoms with Crippen LogP contribution in [0.2, 0.25) is 26.2 Å². The lowest BCUT2D eigenvalue weighted by Gasteiger charge is -1.97. The van der Waals surface area contributed by atoms with E-state index in [-0.39, 0.29) is 9.04 Å². The molecule has 2 radical (unpaired) electrons. The lowest BCUT2D eigenvalue weighted by molar-refractivity contribution is 0.350. The molecule has 0 aromatic rings. The van der Waals surface area contributed by atoms with Gasteiger partial charge in [-0.1, -0.05) is 13.1 Å². The van der Waals surface area contributed by atoms with Crippen molar-refractivity contribution in [3.63, 3.8) is 0 Å². The van der Waals surface area contributed by atoms with Gasteiger partial charge >= 0.3 is 0 Å². The zero-order valence-electron chi connectivity index (χ0n) is 7.49. The van der Waals surface area contributed by atoms with Crippen LogP contribution in [-0.4, -0.2) is 23.8 Å². The summed E-state index contributed by atoms with van der Waals surface area (Å²) in [4.78, 5) is 0. The zero-order chi connectivity index (χ0) is 8.57. The third-order valence-corrected chi connectivity index (χ3v) is 1.30. The third-order valence-electron chi connectivity index (χ3n) is 0.433. The van der Waals surface area contributed by atoms with Crippen LogP contribution in [0.1, 0.15) is 6.92 Å². The summed E-state index contributed by atoms with van der Waals surface area (Å²) < 4.78 is 5.14. The van der Waals surface area contributed by atoms with Crippen LogP contribution in [0.5, 0.6) is 0 Å². The van der Waals surface area contributed by atoms with E-state index in [4.69, 9.17) is 15.5 Å². The standard InChI is InChI=1S/C4H11OSi.C2H6ClSi/c1-4-5-6(2)3;1-4(2)3/h4H2,1-3H3;1-2H3. The highest BCUT2D eigenvalue weighted by atomic mass is 35.6. The predicted octanol–water partition coefficient (Wildman–Crippen LogP) is 2.75. The van der Waals surface area contributed by atoms with Crippen molar-refractivity contribution < 1.29 is 4.43 Å². The summed E-state index contributed by atoms with van der Waals surface area (Å²) >= 11 is 5.38. The second kappa shape index (κ2) is 9.68. The van der Waals surface area contributed by atoms with Crippen LogP contribution in [0.4, 0.5) is 0 Å². The van der Waals surface area contributed by atoms with Gasteiger partial charge in [-0.25, -0.2) is 0 Å². The van der Waals surface area contributed by atoms with Crippen LogP contribution in [-0.2, 0) is 4.43 Å². The molecule has 10 heavy (non-hydrogen) atoms. The molecule has 0 saturated carbocycles. The summed E-state index contributed by atoms with van der Waals surface area (Å²) in [6.07, 6.45) is 0. The number of hydrogen-bond acceptors (Lipinski definition) is 1. The van der Waals surface area contributed by atoms with Gasteiger partial charge in [0.2, 0.25) is 9.04 Å². The van der Waals surface area contributed by atoms with E-state index in [1.54, 1.807) is 0 Å². The molecule has 0 amide bonds. The molecular weight excluding hydrogens is 180 g/mol. The van der Waals surface area contributed by atoms with Crippen molar-refractivity contribution in [3.05, 3.63) is 0 Å². The molecule has 0 fully saturated rings. The first-order valence-corrected chi connectivity index (χ1v) is 9.31. The molecule has 0 aromatic carbocycles. The SMILES string of the molecule is CCO[Si](C)C.C[Si](C)Cl. The summed E-state index contributed by atoms with van der Waals surface area (Å²) in [6, 6.07) is 0. The van der Waals surface area contributed by atoms with Crippen LogP contribution in [0.25, 0.3) is 0 Å². The molecule has 0 rings (SSSR count). The van der Waals surface area contributed by atoms with Gasteiger partial charge in [0.1, 0.15) is 0 Å². The molecule has 0 spiro atoms. The average Bonchev–Trinajstić information content (AvgIpc) is 1.62. The van der Waals surface area contributed by atoms with Gasteiger partial charge in [0, 0.05) is 6.61 Å². The Morgan fingerprint density at radius 2 is 1.50 bits per heavy atom. The van der Waals surface area contributed by atoms with Crippen LogP contribution in [0.15, 0.2) is 0 Å². The Morgan fingerprint density at radius 1 is 1.20 bits per heavy atom. The zero-order valence-corrected chi connectivity index (χ0v) is 10.2. The molecule has 0 atom stereocenters. The van der Waals surface area contributed by atoms with Gasteiger partial charge in [0.15, 0.2) is 8.11 Å². The van der Waals surface area contributed by atoms with Gasteiger partial charge in [-0.2, -0.15) is 11.1 Å². The van der Waals surface area contributed by atoms with Gasteiger partial charge in [-0.3, -0.25) is 0 Å². The normalized spacial score (nSPS) is 9.60. The van der Waals surface area contributed by atoms with Crippen molar-refractivity contribution in [2.75, 3.05) is 6.61 Å². The van der Waals surface area contributed by atoms with Crippen molar-refractivity contribution >= 4 is 28.2 Å². The van der Waals surface area contributed by atoms with Gasteiger partial charge in [0.05, 0.1) is 0 Å². The molecule has 0 aromatic heterocycles. The van der Waals surface area contributed by atoms with Crippen molar-refractivity contribution in [3.8, 4) is 0 Å². The first kappa shape index (κ1) is 13.3. The Hall–Kier alpha value is 0.684. The molecule has 0 N–H and O–H groups in total. The quantitative estimate of drug-likeness (QED) is 0.488. The maximum absolute atomic E-state index is 5.38. The van der Waals surface area contributed by atoms with Crippen LogP contribution >= 0.6 is 11.1 Å². The molecule has 1 nitrogen and oxygen atoms in total. The van der Waals surface area contributed by atoms with Crippen molar-refractivity contribution in [1.29, 1.82) is 0 Å². The summed E-state index contributed by atoms with van der Waals surface area (Å²) in [6.45, 7) is 11.2. The lowest BCUT2D eigenvalue weighted by atomic mass is 10.9. The van der Waals surface area contributed by atoms with E-state index in [2.05, 4.69) is 13.1 Å².